The molecule has 2 aromatic rings. The van der Waals surface area contributed by atoms with E-state index in [4.69, 9.17) is 5.26 Å². The number of halogens is 2. The van der Waals surface area contributed by atoms with Gasteiger partial charge in [-0.3, -0.25) is 0 Å². The first kappa shape index (κ1) is 12.5. The first-order chi connectivity index (χ1) is 8.60. The average molecular weight is 306 g/mol. The Hall–Kier alpha value is -1.93. The summed E-state index contributed by atoms with van der Waals surface area (Å²) >= 11 is 3.38. The van der Waals surface area contributed by atoms with E-state index in [1.54, 1.807) is 6.20 Å². The minimum Gasteiger partial charge on any atom is -0.338 e. The fraction of sp³-hybridized carbons (Fsp3) is 0.0769. The number of aromatic nitrogens is 1. The molecule has 0 aliphatic rings. The lowest BCUT2D eigenvalue weighted by atomic mass is 10.2. The molecule has 1 aromatic carbocycles. The molecule has 0 radical (unpaired) electrons. The van der Waals surface area contributed by atoms with Crippen LogP contribution in [0.25, 0.3) is 0 Å². The lowest BCUT2D eigenvalue weighted by Crippen LogP contribution is -1.98. The van der Waals surface area contributed by atoms with Gasteiger partial charge in [0.2, 0.25) is 0 Å². The number of benzene rings is 1. The SMILES string of the molecule is Cc1cnc(Nc2ccc(F)cc2C#N)c(Br)c1. The van der Waals surface area contributed by atoms with Gasteiger partial charge < -0.3 is 5.32 Å². The van der Waals surface area contributed by atoms with Crippen molar-refractivity contribution in [1.29, 1.82) is 5.26 Å². The maximum absolute atomic E-state index is 13.0. The molecule has 18 heavy (non-hydrogen) atoms. The summed E-state index contributed by atoms with van der Waals surface area (Å²) in [6.07, 6.45) is 1.71. The second-order valence-electron chi connectivity index (χ2n) is 3.77. The van der Waals surface area contributed by atoms with Gasteiger partial charge in [-0.15, -0.1) is 0 Å². The Labute approximate surface area is 112 Å². The van der Waals surface area contributed by atoms with Gasteiger partial charge in [0, 0.05) is 6.20 Å². The third-order valence-corrected chi connectivity index (χ3v) is 2.94. The number of rotatable bonds is 2. The van der Waals surface area contributed by atoms with Gasteiger partial charge in [0.25, 0.3) is 0 Å². The van der Waals surface area contributed by atoms with Crippen LogP contribution in [0.5, 0.6) is 0 Å². The minimum atomic E-state index is -0.437. The second kappa shape index (κ2) is 5.15. The van der Waals surface area contributed by atoms with Crippen LogP contribution in [0.15, 0.2) is 34.9 Å². The molecule has 0 bridgehead atoms. The van der Waals surface area contributed by atoms with Crippen molar-refractivity contribution in [3.63, 3.8) is 0 Å². The summed E-state index contributed by atoms with van der Waals surface area (Å²) in [6.45, 7) is 1.93. The highest BCUT2D eigenvalue weighted by atomic mass is 79.9. The Morgan fingerprint density at radius 2 is 2.17 bits per heavy atom. The number of nitrogens with one attached hydrogen (secondary N) is 1. The van der Waals surface area contributed by atoms with E-state index in [0.717, 1.165) is 10.0 Å². The quantitative estimate of drug-likeness (QED) is 0.915. The highest BCUT2D eigenvalue weighted by molar-refractivity contribution is 9.10. The van der Waals surface area contributed by atoms with Crippen molar-refractivity contribution in [3.05, 3.63) is 51.9 Å². The smallest absolute Gasteiger partial charge is 0.144 e. The predicted molar refractivity (Wildman–Crippen MR) is 71.1 cm³/mol. The third-order valence-electron chi connectivity index (χ3n) is 2.33. The Morgan fingerprint density at radius 3 is 2.83 bits per heavy atom. The molecule has 0 unspecified atom stereocenters. The van der Waals surface area contributed by atoms with Crippen LogP contribution in [0, 0.1) is 24.1 Å². The normalized spacial score (nSPS) is 9.89. The van der Waals surface area contributed by atoms with Crippen LogP contribution in [0.2, 0.25) is 0 Å². The summed E-state index contributed by atoms with van der Waals surface area (Å²) in [6, 6.07) is 7.85. The topological polar surface area (TPSA) is 48.7 Å². The van der Waals surface area contributed by atoms with Crippen molar-refractivity contribution in [2.45, 2.75) is 6.92 Å². The molecule has 0 saturated heterocycles. The van der Waals surface area contributed by atoms with E-state index in [9.17, 15) is 4.39 Å². The fourth-order valence-electron chi connectivity index (χ4n) is 1.47. The zero-order chi connectivity index (χ0) is 13.1. The molecular formula is C13H9BrFN3. The van der Waals surface area contributed by atoms with Gasteiger partial charge in [-0.05, 0) is 52.7 Å². The van der Waals surface area contributed by atoms with E-state index in [1.807, 2.05) is 19.1 Å². The van der Waals surface area contributed by atoms with Gasteiger partial charge in [0.1, 0.15) is 17.7 Å². The van der Waals surface area contributed by atoms with Crippen molar-refractivity contribution >= 4 is 27.4 Å². The second-order valence-corrected chi connectivity index (χ2v) is 4.62. The van der Waals surface area contributed by atoms with Crippen molar-refractivity contribution in [2.24, 2.45) is 0 Å². The number of nitriles is 1. The number of pyridine rings is 1. The Morgan fingerprint density at radius 1 is 1.39 bits per heavy atom. The van der Waals surface area contributed by atoms with E-state index < -0.39 is 5.82 Å². The van der Waals surface area contributed by atoms with Crippen LogP contribution in [0.4, 0.5) is 15.9 Å². The van der Waals surface area contributed by atoms with Gasteiger partial charge in [0.05, 0.1) is 15.7 Å². The molecule has 0 amide bonds. The summed E-state index contributed by atoms with van der Waals surface area (Å²) in [4.78, 5) is 4.21. The monoisotopic (exact) mass is 305 g/mol. The van der Waals surface area contributed by atoms with Gasteiger partial charge >= 0.3 is 0 Å². The van der Waals surface area contributed by atoms with E-state index in [2.05, 4.69) is 26.2 Å². The molecule has 2 rings (SSSR count). The van der Waals surface area contributed by atoms with E-state index in [1.165, 1.54) is 18.2 Å². The van der Waals surface area contributed by atoms with Gasteiger partial charge in [-0.25, -0.2) is 9.37 Å². The third kappa shape index (κ3) is 2.66. The van der Waals surface area contributed by atoms with Crippen LogP contribution in [0.1, 0.15) is 11.1 Å². The lowest BCUT2D eigenvalue weighted by Gasteiger charge is -2.09. The van der Waals surface area contributed by atoms with Gasteiger partial charge in [-0.2, -0.15) is 5.26 Å². The molecule has 0 saturated carbocycles. The molecule has 0 spiro atoms. The molecule has 3 nitrogen and oxygen atoms in total. The van der Waals surface area contributed by atoms with Crippen LogP contribution in [0.3, 0.4) is 0 Å². The number of hydrogen-bond acceptors (Lipinski definition) is 3. The first-order valence-corrected chi connectivity index (χ1v) is 5.98. The highest BCUT2D eigenvalue weighted by Gasteiger charge is 2.07. The van der Waals surface area contributed by atoms with Gasteiger partial charge in [-0.1, -0.05) is 0 Å². The van der Waals surface area contributed by atoms with Crippen LogP contribution in [-0.2, 0) is 0 Å². The molecule has 5 heteroatoms. The molecular weight excluding hydrogens is 297 g/mol. The zero-order valence-electron chi connectivity index (χ0n) is 9.54. The summed E-state index contributed by atoms with van der Waals surface area (Å²) in [5.74, 6) is 0.150. The van der Waals surface area contributed by atoms with E-state index in [0.29, 0.717) is 11.5 Å². The molecule has 0 aliphatic heterocycles. The van der Waals surface area contributed by atoms with Crippen molar-refractivity contribution in [2.75, 3.05) is 5.32 Å². The number of aryl methyl sites for hydroxylation is 1. The van der Waals surface area contributed by atoms with Crippen molar-refractivity contribution in [1.82, 2.24) is 4.98 Å². The van der Waals surface area contributed by atoms with Crippen molar-refractivity contribution < 1.29 is 4.39 Å². The molecule has 0 aliphatic carbocycles. The summed E-state index contributed by atoms with van der Waals surface area (Å²) in [5.41, 5.74) is 1.78. The van der Waals surface area contributed by atoms with Crippen molar-refractivity contribution in [3.8, 4) is 6.07 Å². The largest absolute Gasteiger partial charge is 0.338 e. The molecule has 90 valence electrons. The Kier molecular flexibility index (Phi) is 3.58. The summed E-state index contributed by atoms with van der Waals surface area (Å²) in [5, 5.41) is 11.9. The Bertz CT molecular complexity index is 635. The first-order valence-electron chi connectivity index (χ1n) is 5.19. The number of hydrogen-bond donors (Lipinski definition) is 1. The maximum atomic E-state index is 13.0. The summed E-state index contributed by atoms with van der Waals surface area (Å²) in [7, 11) is 0. The molecule has 1 N–H and O–H groups in total. The Balaban J connectivity index is 2.37. The molecule has 0 atom stereocenters. The number of nitrogens with zero attached hydrogens (tertiary/aromatic N) is 2. The number of anilines is 2. The summed E-state index contributed by atoms with van der Waals surface area (Å²) < 4.78 is 13.8. The fourth-order valence-corrected chi connectivity index (χ4v) is 2.03. The highest BCUT2D eigenvalue weighted by Crippen LogP contribution is 2.26. The zero-order valence-corrected chi connectivity index (χ0v) is 11.1. The van der Waals surface area contributed by atoms with E-state index in [-0.39, 0.29) is 5.56 Å². The molecule has 1 heterocycles. The van der Waals surface area contributed by atoms with Crippen LogP contribution >= 0.6 is 15.9 Å². The lowest BCUT2D eigenvalue weighted by molar-refractivity contribution is 0.627. The van der Waals surface area contributed by atoms with E-state index >= 15 is 0 Å². The van der Waals surface area contributed by atoms with Gasteiger partial charge in [0.15, 0.2) is 0 Å². The van der Waals surface area contributed by atoms with Crippen LogP contribution in [-0.4, -0.2) is 4.98 Å². The molecule has 1 aromatic heterocycles. The maximum Gasteiger partial charge on any atom is 0.144 e. The minimum absolute atomic E-state index is 0.240. The average Bonchev–Trinajstić information content (AvgIpc) is 2.34. The molecule has 0 fully saturated rings. The standard InChI is InChI=1S/C13H9BrFN3/c1-8-4-11(14)13(17-7-8)18-12-3-2-10(15)5-9(12)6-16/h2-5,7H,1H3,(H,17,18). The predicted octanol–water partition coefficient (Wildman–Crippen LogP) is 3.91. The van der Waals surface area contributed by atoms with Crippen LogP contribution < -0.4 is 5.32 Å².